The Labute approximate surface area is 149 Å². The number of rotatable bonds is 3. The van der Waals surface area contributed by atoms with E-state index in [0.29, 0.717) is 25.1 Å². The molecule has 0 saturated heterocycles. The molecule has 0 fully saturated rings. The average Bonchev–Trinajstić information content (AvgIpc) is 3.06. The van der Waals surface area contributed by atoms with Gasteiger partial charge in [-0.15, -0.1) is 0 Å². The molecule has 0 unspecified atom stereocenters. The maximum Gasteiger partial charge on any atom is 0.227 e. The van der Waals surface area contributed by atoms with Crippen molar-refractivity contribution in [2.45, 2.75) is 12.8 Å². The van der Waals surface area contributed by atoms with E-state index in [1.165, 1.54) is 18.2 Å². The normalized spacial score (nSPS) is 14.5. The quantitative estimate of drug-likeness (QED) is 0.749. The van der Waals surface area contributed by atoms with Gasteiger partial charge < -0.3 is 9.88 Å². The van der Waals surface area contributed by atoms with Gasteiger partial charge in [-0.05, 0) is 41.8 Å². The van der Waals surface area contributed by atoms with Crippen LogP contribution in [0.1, 0.15) is 17.5 Å². The molecule has 132 valence electrons. The van der Waals surface area contributed by atoms with Gasteiger partial charge in [0.05, 0.1) is 6.42 Å². The Hall–Kier alpha value is -2.95. The summed E-state index contributed by atoms with van der Waals surface area (Å²) in [5, 5.41) is 0.849. The first-order valence-electron chi connectivity index (χ1n) is 8.59. The van der Waals surface area contributed by atoms with Gasteiger partial charge in [0.25, 0.3) is 0 Å². The van der Waals surface area contributed by atoms with Crippen molar-refractivity contribution in [3.8, 4) is 0 Å². The number of H-pyrrole nitrogens is 1. The molecule has 0 radical (unpaired) electrons. The Balaban J connectivity index is 1.50. The van der Waals surface area contributed by atoms with Crippen LogP contribution < -0.4 is 0 Å². The van der Waals surface area contributed by atoms with Crippen molar-refractivity contribution in [3.63, 3.8) is 0 Å². The molecule has 2 heterocycles. The zero-order valence-corrected chi connectivity index (χ0v) is 14.1. The number of halogens is 2. The van der Waals surface area contributed by atoms with E-state index in [0.717, 1.165) is 22.0 Å². The van der Waals surface area contributed by atoms with Crippen LogP contribution in [-0.2, 0) is 11.2 Å². The third-order valence-corrected chi connectivity index (χ3v) is 4.85. The molecular formula is C21H18F2N2O. The number of nitrogens with one attached hydrogen (secondary N) is 1. The third kappa shape index (κ3) is 3.12. The van der Waals surface area contributed by atoms with E-state index in [-0.39, 0.29) is 24.0 Å². The monoisotopic (exact) mass is 352 g/mol. The summed E-state index contributed by atoms with van der Waals surface area (Å²) in [6, 6.07) is 11.0. The van der Waals surface area contributed by atoms with Gasteiger partial charge in [0.2, 0.25) is 5.91 Å². The lowest BCUT2D eigenvalue weighted by molar-refractivity contribution is -0.130. The number of hydrogen-bond donors (Lipinski definition) is 1. The maximum atomic E-state index is 13.7. The Morgan fingerprint density at radius 3 is 2.77 bits per heavy atom. The zero-order valence-electron chi connectivity index (χ0n) is 14.1. The number of carbonyl (C=O) groups excluding carboxylic acids is 1. The molecule has 1 amide bonds. The molecule has 0 aliphatic carbocycles. The van der Waals surface area contributed by atoms with E-state index in [1.54, 1.807) is 29.2 Å². The molecule has 1 aliphatic rings. The molecule has 4 rings (SSSR count). The lowest BCUT2D eigenvalue weighted by atomic mass is 9.98. The van der Waals surface area contributed by atoms with E-state index < -0.39 is 0 Å². The lowest BCUT2D eigenvalue weighted by Gasteiger charge is -2.26. The second-order valence-corrected chi connectivity index (χ2v) is 6.48. The molecule has 1 N–H and O–H groups in total. The van der Waals surface area contributed by atoms with Crippen molar-refractivity contribution >= 4 is 22.4 Å². The summed E-state index contributed by atoms with van der Waals surface area (Å²) in [6.07, 6.45) is 4.63. The molecule has 5 heteroatoms. The number of aromatic nitrogens is 1. The van der Waals surface area contributed by atoms with Crippen LogP contribution in [0.15, 0.2) is 54.7 Å². The maximum absolute atomic E-state index is 13.7. The molecule has 0 bridgehead atoms. The second-order valence-electron chi connectivity index (χ2n) is 6.48. The highest BCUT2D eigenvalue weighted by Gasteiger charge is 2.20. The van der Waals surface area contributed by atoms with Gasteiger partial charge in [0, 0.05) is 35.8 Å². The Kier molecular flexibility index (Phi) is 4.29. The van der Waals surface area contributed by atoms with Crippen LogP contribution in [0, 0.1) is 11.6 Å². The minimum Gasteiger partial charge on any atom is -0.361 e. The number of fused-ring (bicyclic) bond motifs is 1. The fraction of sp³-hybridized carbons (Fsp3) is 0.190. The summed E-state index contributed by atoms with van der Waals surface area (Å²) in [4.78, 5) is 17.3. The molecule has 0 atom stereocenters. The van der Waals surface area contributed by atoms with Crippen LogP contribution in [0.25, 0.3) is 16.5 Å². The average molecular weight is 352 g/mol. The molecule has 26 heavy (non-hydrogen) atoms. The first kappa shape index (κ1) is 16.5. The van der Waals surface area contributed by atoms with Crippen LogP contribution in [0.2, 0.25) is 0 Å². The Bertz CT molecular complexity index is 1010. The summed E-state index contributed by atoms with van der Waals surface area (Å²) in [7, 11) is 0. The van der Waals surface area contributed by atoms with Crippen LogP contribution in [0.3, 0.4) is 0 Å². The fourth-order valence-corrected chi connectivity index (χ4v) is 3.42. The van der Waals surface area contributed by atoms with Crippen molar-refractivity contribution in [2.75, 3.05) is 13.1 Å². The topological polar surface area (TPSA) is 36.1 Å². The number of amides is 1. The summed E-state index contributed by atoms with van der Waals surface area (Å²) < 4.78 is 27.3. The van der Waals surface area contributed by atoms with Crippen LogP contribution >= 0.6 is 0 Å². The van der Waals surface area contributed by atoms with Gasteiger partial charge in [0.1, 0.15) is 11.6 Å². The van der Waals surface area contributed by atoms with Crippen molar-refractivity contribution < 1.29 is 13.6 Å². The van der Waals surface area contributed by atoms with Gasteiger partial charge in [-0.25, -0.2) is 8.78 Å². The summed E-state index contributed by atoms with van der Waals surface area (Å²) in [6.45, 7) is 1.05. The van der Waals surface area contributed by atoms with E-state index in [2.05, 4.69) is 4.98 Å². The first-order valence-corrected chi connectivity index (χ1v) is 8.59. The summed E-state index contributed by atoms with van der Waals surface area (Å²) in [5.41, 5.74) is 3.37. The fourth-order valence-electron chi connectivity index (χ4n) is 3.42. The smallest absolute Gasteiger partial charge is 0.227 e. The van der Waals surface area contributed by atoms with Gasteiger partial charge in [-0.1, -0.05) is 24.3 Å². The molecule has 0 saturated carbocycles. The molecule has 2 aromatic carbocycles. The molecule has 1 aromatic heterocycles. The molecule has 0 spiro atoms. The largest absolute Gasteiger partial charge is 0.361 e. The van der Waals surface area contributed by atoms with E-state index in [4.69, 9.17) is 0 Å². The highest BCUT2D eigenvalue weighted by Crippen LogP contribution is 2.30. The Morgan fingerprint density at radius 2 is 2.00 bits per heavy atom. The Morgan fingerprint density at radius 1 is 1.15 bits per heavy atom. The number of carbonyl (C=O) groups is 1. The first-order chi connectivity index (χ1) is 12.6. The van der Waals surface area contributed by atoms with Crippen LogP contribution in [0.5, 0.6) is 0 Å². The van der Waals surface area contributed by atoms with Crippen LogP contribution in [-0.4, -0.2) is 28.9 Å². The molecular weight excluding hydrogens is 334 g/mol. The van der Waals surface area contributed by atoms with Gasteiger partial charge in [-0.3, -0.25) is 4.79 Å². The number of aromatic amines is 1. The van der Waals surface area contributed by atoms with E-state index >= 15 is 0 Å². The number of benzene rings is 2. The zero-order chi connectivity index (χ0) is 18.1. The molecule has 1 aliphatic heterocycles. The highest BCUT2D eigenvalue weighted by atomic mass is 19.1. The molecule has 3 aromatic rings. The number of hydrogen-bond acceptors (Lipinski definition) is 1. The van der Waals surface area contributed by atoms with Crippen molar-refractivity contribution in [3.05, 3.63) is 77.5 Å². The van der Waals surface area contributed by atoms with Crippen LogP contribution in [0.4, 0.5) is 8.78 Å². The van der Waals surface area contributed by atoms with Gasteiger partial charge in [-0.2, -0.15) is 0 Å². The van der Waals surface area contributed by atoms with Gasteiger partial charge in [0.15, 0.2) is 0 Å². The van der Waals surface area contributed by atoms with E-state index in [9.17, 15) is 13.6 Å². The summed E-state index contributed by atoms with van der Waals surface area (Å²) in [5.74, 6) is -0.707. The second kappa shape index (κ2) is 6.75. The summed E-state index contributed by atoms with van der Waals surface area (Å²) >= 11 is 0. The minimum atomic E-state index is -0.352. The van der Waals surface area contributed by atoms with Crippen molar-refractivity contribution in [1.29, 1.82) is 0 Å². The van der Waals surface area contributed by atoms with Gasteiger partial charge >= 0.3 is 0 Å². The SMILES string of the molecule is O=C(Cc1ccccc1F)N1CC=C(c2c[nH]c3ccc(F)cc23)CC1. The predicted octanol–water partition coefficient (Wildman–Crippen LogP) is 4.30. The highest BCUT2D eigenvalue weighted by molar-refractivity contribution is 5.93. The number of nitrogens with zero attached hydrogens (tertiary/aromatic N) is 1. The predicted molar refractivity (Wildman–Crippen MR) is 97.5 cm³/mol. The lowest BCUT2D eigenvalue weighted by Crippen LogP contribution is -2.35. The van der Waals surface area contributed by atoms with E-state index in [1.807, 2.05) is 12.3 Å². The standard InChI is InChI=1S/C21H18F2N2O/c22-16-5-6-20-17(12-16)18(13-24-20)14-7-9-25(10-8-14)21(26)11-15-3-1-2-4-19(15)23/h1-7,12-13,24H,8-11H2. The molecule has 3 nitrogen and oxygen atoms in total. The van der Waals surface area contributed by atoms with Crippen molar-refractivity contribution in [2.24, 2.45) is 0 Å². The van der Waals surface area contributed by atoms with Crippen molar-refractivity contribution in [1.82, 2.24) is 9.88 Å². The minimum absolute atomic E-state index is 0.0636. The third-order valence-electron chi connectivity index (χ3n) is 4.85.